The molecule has 3 aromatic rings. The Hall–Kier alpha value is -3.61. The van der Waals surface area contributed by atoms with Gasteiger partial charge in [0.05, 0.1) is 19.5 Å². The number of nitrogens with one attached hydrogen (secondary N) is 2. The Bertz CT molecular complexity index is 950. The van der Waals surface area contributed by atoms with Crippen LogP contribution in [0.3, 0.4) is 0 Å². The highest BCUT2D eigenvalue weighted by molar-refractivity contribution is 6.02. The molecule has 0 unspecified atom stereocenters. The fraction of sp³-hybridized carbons (Fsp3) is 0.227. The Morgan fingerprint density at radius 3 is 2.24 bits per heavy atom. The van der Waals surface area contributed by atoms with E-state index in [9.17, 15) is 4.79 Å². The van der Waals surface area contributed by atoms with Gasteiger partial charge in [-0.3, -0.25) is 4.79 Å². The van der Waals surface area contributed by atoms with Gasteiger partial charge in [-0.2, -0.15) is 0 Å². The molecule has 4 rings (SSSR count). The number of carbonyl (C=O) groups is 1. The summed E-state index contributed by atoms with van der Waals surface area (Å²) in [4.78, 5) is 23.2. The van der Waals surface area contributed by atoms with Crippen molar-refractivity contribution in [3.63, 3.8) is 0 Å². The first-order chi connectivity index (χ1) is 14.2. The summed E-state index contributed by atoms with van der Waals surface area (Å²) in [5.74, 6) is 0.996. The van der Waals surface area contributed by atoms with Crippen molar-refractivity contribution in [1.82, 2.24) is 9.97 Å². The van der Waals surface area contributed by atoms with E-state index in [-0.39, 0.29) is 11.6 Å². The Balaban J connectivity index is 1.36. The maximum Gasteiger partial charge on any atom is 0.275 e. The lowest BCUT2D eigenvalue weighted by Gasteiger charge is -2.17. The number of hydrogen-bond donors (Lipinski definition) is 2. The Morgan fingerprint density at radius 1 is 0.931 bits per heavy atom. The van der Waals surface area contributed by atoms with Gasteiger partial charge in [0, 0.05) is 30.2 Å². The van der Waals surface area contributed by atoms with Crippen LogP contribution in [-0.2, 0) is 0 Å². The third-order valence-corrected chi connectivity index (χ3v) is 4.84. The van der Waals surface area contributed by atoms with Gasteiger partial charge in [0.1, 0.15) is 17.3 Å². The first-order valence-electron chi connectivity index (χ1n) is 9.61. The monoisotopic (exact) mass is 389 g/mol. The van der Waals surface area contributed by atoms with E-state index in [1.807, 2.05) is 12.1 Å². The number of ether oxygens (including phenoxy) is 1. The molecule has 0 radical (unpaired) electrons. The van der Waals surface area contributed by atoms with Crippen molar-refractivity contribution in [3.8, 4) is 5.75 Å². The van der Waals surface area contributed by atoms with Gasteiger partial charge in [0.25, 0.3) is 5.91 Å². The van der Waals surface area contributed by atoms with E-state index < -0.39 is 0 Å². The van der Waals surface area contributed by atoms with Crippen LogP contribution in [0.4, 0.5) is 22.9 Å². The maximum atomic E-state index is 12.3. The molecule has 0 atom stereocenters. The number of nitrogens with zero attached hydrogens (tertiary/aromatic N) is 3. The van der Waals surface area contributed by atoms with Crippen molar-refractivity contribution in [3.05, 3.63) is 66.6 Å². The number of aromatic nitrogens is 2. The highest BCUT2D eigenvalue weighted by atomic mass is 16.5. The van der Waals surface area contributed by atoms with E-state index >= 15 is 0 Å². The number of carbonyl (C=O) groups excluding carboxylic acids is 1. The van der Waals surface area contributed by atoms with E-state index in [0.717, 1.165) is 24.5 Å². The van der Waals surface area contributed by atoms with Gasteiger partial charge in [0.15, 0.2) is 0 Å². The third-order valence-electron chi connectivity index (χ3n) is 4.84. The zero-order valence-electron chi connectivity index (χ0n) is 16.3. The molecule has 1 aliphatic rings. The minimum absolute atomic E-state index is 0.246. The molecular formula is C22H23N5O2. The minimum Gasteiger partial charge on any atom is -0.497 e. The summed E-state index contributed by atoms with van der Waals surface area (Å²) >= 11 is 0. The smallest absolute Gasteiger partial charge is 0.275 e. The predicted octanol–water partition coefficient (Wildman–Crippen LogP) is 4.08. The number of methoxy groups -OCH3 is 1. The molecule has 0 saturated carbocycles. The molecule has 1 aromatic heterocycles. The van der Waals surface area contributed by atoms with Gasteiger partial charge >= 0.3 is 0 Å². The SMILES string of the molecule is COc1ccc(NC(=O)c2cnc(Nc3ccc(N4CCCC4)cc3)cn2)cc1. The van der Waals surface area contributed by atoms with Crippen molar-refractivity contribution in [2.45, 2.75) is 12.8 Å². The Kier molecular flexibility index (Phi) is 5.56. The second-order valence-electron chi connectivity index (χ2n) is 6.84. The largest absolute Gasteiger partial charge is 0.497 e. The van der Waals surface area contributed by atoms with E-state index in [2.05, 4.69) is 37.6 Å². The summed E-state index contributed by atoms with van der Waals surface area (Å²) in [6, 6.07) is 15.4. The van der Waals surface area contributed by atoms with E-state index in [1.165, 1.54) is 24.7 Å². The number of rotatable bonds is 6. The second kappa shape index (κ2) is 8.60. The van der Waals surface area contributed by atoms with Crippen LogP contribution in [0.5, 0.6) is 5.75 Å². The summed E-state index contributed by atoms with van der Waals surface area (Å²) in [7, 11) is 1.60. The van der Waals surface area contributed by atoms with Gasteiger partial charge in [0.2, 0.25) is 0 Å². The molecule has 2 aromatic carbocycles. The number of hydrogen-bond acceptors (Lipinski definition) is 6. The summed E-state index contributed by atoms with van der Waals surface area (Å²) in [5, 5.41) is 6.00. The summed E-state index contributed by atoms with van der Waals surface area (Å²) in [6.45, 7) is 2.25. The van der Waals surface area contributed by atoms with Crippen LogP contribution in [0.1, 0.15) is 23.3 Å². The molecular weight excluding hydrogens is 366 g/mol. The van der Waals surface area contributed by atoms with Gasteiger partial charge < -0.3 is 20.3 Å². The van der Waals surface area contributed by atoms with Gasteiger partial charge in [-0.1, -0.05) is 0 Å². The molecule has 1 saturated heterocycles. The highest BCUT2D eigenvalue weighted by Gasteiger charge is 2.12. The van der Waals surface area contributed by atoms with Crippen LogP contribution in [0, 0.1) is 0 Å². The Morgan fingerprint density at radius 2 is 1.62 bits per heavy atom. The van der Waals surface area contributed by atoms with Crippen LogP contribution >= 0.6 is 0 Å². The van der Waals surface area contributed by atoms with Gasteiger partial charge in [-0.25, -0.2) is 9.97 Å². The summed E-state index contributed by atoms with van der Waals surface area (Å²) in [5.41, 5.74) is 3.08. The van der Waals surface area contributed by atoms with Crippen LogP contribution in [0.25, 0.3) is 0 Å². The first kappa shape index (κ1) is 18.7. The minimum atomic E-state index is -0.316. The van der Waals surface area contributed by atoms with Crippen molar-refractivity contribution < 1.29 is 9.53 Å². The summed E-state index contributed by atoms with van der Waals surface area (Å²) in [6.07, 6.45) is 5.53. The quantitative estimate of drug-likeness (QED) is 0.661. The van der Waals surface area contributed by atoms with Gasteiger partial charge in [-0.05, 0) is 61.4 Å². The fourth-order valence-corrected chi connectivity index (χ4v) is 3.26. The van der Waals surface area contributed by atoms with Crippen molar-refractivity contribution in [2.24, 2.45) is 0 Å². The normalized spacial score (nSPS) is 13.2. The molecule has 2 heterocycles. The lowest BCUT2D eigenvalue weighted by molar-refractivity contribution is 0.102. The molecule has 0 spiro atoms. The topological polar surface area (TPSA) is 79.4 Å². The van der Waals surface area contributed by atoms with E-state index in [0.29, 0.717) is 11.5 Å². The number of amides is 1. The molecule has 1 amide bonds. The maximum absolute atomic E-state index is 12.3. The lowest BCUT2D eigenvalue weighted by Crippen LogP contribution is -2.17. The molecule has 1 aliphatic heterocycles. The molecule has 0 aliphatic carbocycles. The molecule has 2 N–H and O–H groups in total. The number of anilines is 4. The zero-order valence-corrected chi connectivity index (χ0v) is 16.3. The lowest BCUT2D eigenvalue weighted by atomic mass is 10.2. The second-order valence-corrected chi connectivity index (χ2v) is 6.84. The van der Waals surface area contributed by atoms with Crippen molar-refractivity contribution in [2.75, 3.05) is 35.7 Å². The first-order valence-corrected chi connectivity index (χ1v) is 9.61. The van der Waals surface area contributed by atoms with Crippen LogP contribution in [0.2, 0.25) is 0 Å². The average molecular weight is 389 g/mol. The number of benzene rings is 2. The molecule has 148 valence electrons. The molecule has 1 fully saturated rings. The molecule has 7 nitrogen and oxygen atoms in total. The van der Waals surface area contributed by atoms with E-state index in [4.69, 9.17) is 4.74 Å². The molecule has 0 bridgehead atoms. The Labute approximate surface area is 169 Å². The highest BCUT2D eigenvalue weighted by Crippen LogP contribution is 2.23. The van der Waals surface area contributed by atoms with Crippen LogP contribution < -0.4 is 20.3 Å². The van der Waals surface area contributed by atoms with Crippen molar-refractivity contribution >= 4 is 28.8 Å². The van der Waals surface area contributed by atoms with Crippen LogP contribution in [0.15, 0.2) is 60.9 Å². The van der Waals surface area contributed by atoms with Crippen molar-refractivity contribution in [1.29, 1.82) is 0 Å². The zero-order chi connectivity index (χ0) is 20.1. The fourth-order valence-electron chi connectivity index (χ4n) is 3.26. The standard InChI is InChI=1S/C22H23N5O2/c1-29-19-10-6-17(7-11-19)26-22(28)20-14-24-21(15-23-20)25-16-4-8-18(9-5-16)27-12-2-3-13-27/h4-11,14-15H,2-3,12-13H2,1H3,(H,24,25)(H,26,28). The third kappa shape index (κ3) is 4.63. The summed E-state index contributed by atoms with van der Waals surface area (Å²) < 4.78 is 5.11. The molecule has 7 heteroatoms. The average Bonchev–Trinajstić information content (AvgIpc) is 3.30. The predicted molar refractivity (Wildman–Crippen MR) is 114 cm³/mol. The molecule has 29 heavy (non-hydrogen) atoms. The van der Waals surface area contributed by atoms with E-state index in [1.54, 1.807) is 37.6 Å². The van der Waals surface area contributed by atoms with Crippen LogP contribution in [-0.4, -0.2) is 36.1 Å². The van der Waals surface area contributed by atoms with Gasteiger partial charge in [-0.15, -0.1) is 0 Å².